The fourth-order valence-electron chi connectivity index (χ4n) is 2.46. The molecule has 1 amide bonds. The number of hydrogen-bond donors (Lipinski definition) is 1. The third-order valence-electron chi connectivity index (χ3n) is 3.83. The number of aryl methyl sites for hydroxylation is 1. The molecule has 1 aromatic carbocycles. The summed E-state index contributed by atoms with van der Waals surface area (Å²) in [5.74, 6) is -0.0684. The molecule has 0 fully saturated rings. The standard InChI is InChI=1S/C19H24N2O2/c1-4-17(23-5-2)13-21-19(22)16-8-6-15(7-9-16)18-10-11-20-12-14(18)3/h6-12,17H,4-5,13H2,1-3H3,(H,21,22)/t17-/m1/s1. The van der Waals surface area contributed by atoms with Crippen molar-refractivity contribution in [3.63, 3.8) is 0 Å². The van der Waals surface area contributed by atoms with Crippen LogP contribution in [0.3, 0.4) is 0 Å². The maximum Gasteiger partial charge on any atom is 0.251 e. The summed E-state index contributed by atoms with van der Waals surface area (Å²) in [4.78, 5) is 16.3. The maximum atomic E-state index is 12.2. The smallest absolute Gasteiger partial charge is 0.251 e. The fraction of sp³-hybridized carbons (Fsp3) is 0.368. The normalized spacial score (nSPS) is 12.0. The number of hydrogen-bond acceptors (Lipinski definition) is 3. The summed E-state index contributed by atoms with van der Waals surface area (Å²) in [5, 5.41) is 2.93. The van der Waals surface area contributed by atoms with E-state index in [9.17, 15) is 4.79 Å². The van der Waals surface area contributed by atoms with Crippen LogP contribution in [-0.2, 0) is 4.74 Å². The highest BCUT2D eigenvalue weighted by Crippen LogP contribution is 2.22. The molecular weight excluding hydrogens is 288 g/mol. The summed E-state index contributed by atoms with van der Waals surface area (Å²) in [7, 11) is 0. The van der Waals surface area contributed by atoms with Gasteiger partial charge in [0.05, 0.1) is 6.10 Å². The average molecular weight is 312 g/mol. The predicted octanol–water partition coefficient (Wildman–Crippen LogP) is 3.60. The predicted molar refractivity (Wildman–Crippen MR) is 92.4 cm³/mol. The highest BCUT2D eigenvalue weighted by atomic mass is 16.5. The topological polar surface area (TPSA) is 51.2 Å². The second kappa shape index (κ2) is 8.44. The van der Waals surface area contributed by atoms with E-state index < -0.39 is 0 Å². The average Bonchev–Trinajstić information content (AvgIpc) is 2.59. The van der Waals surface area contributed by atoms with Crippen LogP contribution in [0.2, 0.25) is 0 Å². The number of nitrogens with zero attached hydrogens (tertiary/aromatic N) is 1. The lowest BCUT2D eigenvalue weighted by Gasteiger charge is -2.15. The van der Waals surface area contributed by atoms with Gasteiger partial charge in [0.2, 0.25) is 0 Å². The molecule has 23 heavy (non-hydrogen) atoms. The Morgan fingerprint density at radius 3 is 2.57 bits per heavy atom. The fourth-order valence-corrected chi connectivity index (χ4v) is 2.46. The molecule has 0 saturated carbocycles. The minimum atomic E-state index is -0.0684. The van der Waals surface area contributed by atoms with Gasteiger partial charge in [-0.1, -0.05) is 19.1 Å². The quantitative estimate of drug-likeness (QED) is 0.850. The number of ether oxygens (including phenoxy) is 1. The van der Waals surface area contributed by atoms with E-state index in [4.69, 9.17) is 4.74 Å². The second-order valence-electron chi connectivity index (χ2n) is 5.46. The number of aromatic nitrogens is 1. The van der Waals surface area contributed by atoms with Gasteiger partial charge in [0.25, 0.3) is 5.91 Å². The van der Waals surface area contributed by atoms with Gasteiger partial charge >= 0.3 is 0 Å². The van der Waals surface area contributed by atoms with E-state index in [1.807, 2.05) is 50.4 Å². The van der Waals surface area contributed by atoms with Crippen LogP contribution < -0.4 is 5.32 Å². The molecule has 4 nitrogen and oxygen atoms in total. The van der Waals surface area contributed by atoms with Crippen molar-refractivity contribution >= 4 is 5.91 Å². The highest BCUT2D eigenvalue weighted by molar-refractivity contribution is 5.94. The monoisotopic (exact) mass is 312 g/mol. The van der Waals surface area contributed by atoms with Crippen LogP contribution in [0.25, 0.3) is 11.1 Å². The van der Waals surface area contributed by atoms with Crippen LogP contribution in [0.15, 0.2) is 42.7 Å². The van der Waals surface area contributed by atoms with E-state index in [0.29, 0.717) is 18.7 Å². The molecular formula is C19H24N2O2. The first kappa shape index (κ1) is 17.2. The van der Waals surface area contributed by atoms with E-state index in [-0.39, 0.29) is 12.0 Å². The van der Waals surface area contributed by atoms with E-state index in [1.165, 1.54) is 0 Å². The molecule has 1 aromatic heterocycles. The molecule has 0 spiro atoms. The Kier molecular flexibility index (Phi) is 6.29. The van der Waals surface area contributed by atoms with Crippen LogP contribution in [0, 0.1) is 6.92 Å². The van der Waals surface area contributed by atoms with Gasteiger partial charge in [-0.3, -0.25) is 9.78 Å². The zero-order chi connectivity index (χ0) is 16.7. The Morgan fingerprint density at radius 1 is 1.22 bits per heavy atom. The number of pyridine rings is 1. The van der Waals surface area contributed by atoms with Crippen molar-refractivity contribution in [1.82, 2.24) is 10.3 Å². The Bertz CT molecular complexity index is 638. The van der Waals surface area contributed by atoms with E-state index >= 15 is 0 Å². The molecule has 0 unspecified atom stereocenters. The number of carbonyl (C=O) groups excluding carboxylic acids is 1. The number of amides is 1. The second-order valence-corrected chi connectivity index (χ2v) is 5.46. The summed E-state index contributed by atoms with van der Waals surface area (Å²) in [6.07, 6.45) is 4.58. The van der Waals surface area contributed by atoms with Gasteiger partial charge in [-0.15, -0.1) is 0 Å². The third kappa shape index (κ3) is 4.63. The molecule has 0 radical (unpaired) electrons. The van der Waals surface area contributed by atoms with Crippen LogP contribution in [0.1, 0.15) is 36.2 Å². The van der Waals surface area contributed by atoms with Crippen LogP contribution in [-0.4, -0.2) is 30.1 Å². The Hall–Kier alpha value is -2.20. The molecule has 0 aliphatic rings. The zero-order valence-corrected chi connectivity index (χ0v) is 14.0. The number of nitrogens with one attached hydrogen (secondary N) is 1. The molecule has 1 N–H and O–H groups in total. The molecule has 4 heteroatoms. The van der Waals surface area contributed by atoms with Crippen molar-refractivity contribution in [3.05, 3.63) is 53.9 Å². The van der Waals surface area contributed by atoms with Crippen molar-refractivity contribution in [2.45, 2.75) is 33.3 Å². The first-order chi connectivity index (χ1) is 11.2. The summed E-state index contributed by atoms with van der Waals surface area (Å²) in [6, 6.07) is 9.63. The molecule has 2 aromatic rings. The summed E-state index contributed by atoms with van der Waals surface area (Å²) >= 11 is 0. The maximum absolute atomic E-state index is 12.2. The summed E-state index contributed by atoms with van der Waals surface area (Å²) < 4.78 is 5.55. The Balaban J connectivity index is 2.02. The van der Waals surface area contributed by atoms with Crippen molar-refractivity contribution in [2.75, 3.05) is 13.2 Å². The minimum absolute atomic E-state index is 0.0684. The van der Waals surface area contributed by atoms with Gasteiger partial charge in [0.15, 0.2) is 0 Å². The van der Waals surface area contributed by atoms with Gasteiger partial charge in [-0.25, -0.2) is 0 Å². The van der Waals surface area contributed by atoms with Gasteiger partial charge < -0.3 is 10.1 Å². The molecule has 0 saturated heterocycles. The molecule has 2 rings (SSSR count). The van der Waals surface area contributed by atoms with E-state index in [2.05, 4.69) is 17.2 Å². The molecule has 0 aliphatic heterocycles. The SMILES string of the molecule is CCO[C@H](CC)CNC(=O)c1ccc(-c2ccncc2C)cc1. The molecule has 0 aliphatic carbocycles. The van der Waals surface area contributed by atoms with Crippen LogP contribution in [0.4, 0.5) is 0 Å². The zero-order valence-electron chi connectivity index (χ0n) is 14.0. The number of rotatable bonds is 7. The van der Waals surface area contributed by atoms with Crippen molar-refractivity contribution < 1.29 is 9.53 Å². The molecule has 1 heterocycles. The minimum Gasteiger partial charge on any atom is -0.377 e. The summed E-state index contributed by atoms with van der Waals surface area (Å²) in [5.41, 5.74) is 4.00. The molecule has 122 valence electrons. The number of benzene rings is 1. The summed E-state index contributed by atoms with van der Waals surface area (Å²) in [6.45, 7) is 7.24. The van der Waals surface area contributed by atoms with Crippen LogP contribution in [0.5, 0.6) is 0 Å². The highest BCUT2D eigenvalue weighted by Gasteiger charge is 2.10. The van der Waals surface area contributed by atoms with Crippen LogP contribution >= 0.6 is 0 Å². The Morgan fingerprint density at radius 2 is 1.96 bits per heavy atom. The van der Waals surface area contributed by atoms with Gasteiger partial charge in [0, 0.05) is 31.1 Å². The lowest BCUT2D eigenvalue weighted by atomic mass is 10.0. The Labute approximate surface area is 137 Å². The van der Waals surface area contributed by atoms with Crippen molar-refractivity contribution in [3.8, 4) is 11.1 Å². The van der Waals surface area contributed by atoms with E-state index in [1.54, 1.807) is 6.20 Å². The third-order valence-corrected chi connectivity index (χ3v) is 3.83. The molecule has 1 atom stereocenters. The van der Waals surface area contributed by atoms with E-state index in [0.717, 1.165) is 23.1 Å². The first-order valence-electron chi connectivity index (χ1n) is 8.06. The lowest BCUT2D eigenvalue weighted by molar-refractivity contribution is 0.0569. The van der Waals surface area contributed by atoms with Gasteiger partial charge in [0.1, 0.15) is 0 Å². The molecule has 0 bridgehead atoms. The van der Waals surface area contributed by atoms with Gasteiger partial charge in [-0.05, 0) is 55.2 Å². The lowest BCUT2D eigenvalue weighted by Crippen LogP contribution is -2.33. The van der Waals surface area contributed by atoms with Gasteiger partial charge in [-0.2, -0.15) is 0 Å². The largest absolute Gasteiger partial charge is 0.377 e. The first-order valence-corrected chi connectivity index (χ1v) is 8.06. The van der Waals surface area contributed by atoms with Crippen molar-refractivity contribution in [1.29, 1.82) is 0 Å². The van der Waals surface area contributed by atoms with Crippen molar-refractivity contribution in [2.24, 2.45) is 0 Å². The number of carbonyl (C=O) groups is 1.